The molecular weight excluding hydrogens is 453 g/mol. The third-order valence-electron chi connectivity index (χ3n) is 6.51. The highest BCUT2D eigenvalue weighted by atomic mass is 19.1. The fraction of sp³-hybridized carbons (Fsp3) is 0.440. The summed E-state index contributed by atoms with van der Waals surface area (Å²) < 4.78 is 32.3. The molecule has 0 radical (unpaired) electrons. The first kappa shape index (κ1) is 23.4. The number of amides is 1. The van der Waals surface area contributed by atoms with Crippen molar-refractivity contribution in [2.45, 2.75) is 25.7 Å². The summed E-state index contributed by atoms with van der Waals surface area (Å²) in [5, 5.41) is 8.42. The molecule has 0 atom stereocenters. The van der Waals surface area contributed by atoms with Crippen LogP contribution in [0.3, 0.4) is 0 Å². The molecule has 0 fully saturated rings. The molecule has 0 spiro atoms. The van der Waals surface area contributed by atoms with Gasteiger partial charge in [0.2, 0.25) is 5.91 Å². The number of carbonyl (C=O) groups is 1. The van der Waals surface area contributed by atoms with Crippen LogP contribution >= 0.6 is 0 Å². The number of hydrogen-bond acceptors (Lipinski definition) is 7. The van der Waals surface area contributed by atoms with E-state index < -0.39 is 0 Å². The van der Waals surface area contributed by atoms with E-state index in [9.17, 15) is 9.18 Å². The first-order valence-electron chi connectivity index (χ1n) is 11.8. The number of carbonyl (C=O) groups excluding carboxylic acids is 1. The topological polar surface area (TPSA) is 91.1 Å². The number of aryl methyl sites for hydroxylation is 1. The SMILES string of the molecule is COCCOCC(=O)N1CC=C(c2cnc(CCc3c(F)ccc4c3CCO4)n3cnnc23)CC1. The lowest BCUT2D eigenvalue weighted by Gasteiger charge is -2.26. The van der Waals surface area contributed by atoms with Crippen LogP contribution in [0.4, 0.5) is 4.39 Å². The van der Waals surface area contributed by atoms with Crippen molar-refractivity contribution in [3.8, 4) is 5.75 Å². The Morgan fingerprint density at radius 3 is 2.97 bits per heavy atom. The molecule has 0 saturated carbocycles. The average Bonchev–Trinajstić information content (AvgIpc) is 3.56. The van der Waals surface area contributed by atoms with Crippen molar-refractivity contribution >= 4 is 17.1 Å². The summed E-state index contributed by atoms with van der Waals surface area (Å²) in [6.45, 7) is 2.60. The number of benzene rings is 1. The highest BCUT2D eigenvalue weighted by Gasteiger charge is 2.22. The van der Waals surface area contributed by atoms with E-state index in [0.717, 1.165) is 34.7 Å². The van der Waals surface area contributed by atoms with Gasteiger partial charge < -0.3 is 19.1 Å². The monoisotopic (exact) mass is 481 g/mol. The molecule has 2 aromatic heterocycles. The van der Waals surface area contributed by atoms with E-state index in [2.05, 4.69) is 15.2 Å². The Bertz CT molecular complexity index is 1260. The van der Waals surface area contributed by atoms with Gasteiger partial charge in [0.15, 0.2) is 5.65 Å². The van der Waals surface area contributed by atoms with Crippen molar-refractivity contribution in [2.75, 3.05) is 46.6 Å². The summed E-state index contributed by atoms with van der Waals surface area (Å²) in [5.41, 5.74) is 4.34. The van der Waals surface area contributed by atoms with Gasteiger partial charge in [-0.1, -0.05) is 6.08 Å². The zero-order chi connectivity index (χ0) is 24.2. The van der Waals surface area contributed by atoms with Crippen LogP contribution in [0.2, 0.25) is 0 Å². The van der Waals surface area contributed by atoms with Crippen LogP contribution < -0.4 is 4.74 Å². The molecule has 10 heteroatoms. The summed E-state index contributed by atoms with van der Waals surface area (Å²) in [6, 6.07) is 3.17. The minimum Gasteiger partial charge on any atom is -0.493 e. The second-order valence-electron chi connectivity index (χ2n) is 8.58. The molecule has 0 bridgehead atoms. The standard InChI is InChI=1S/C25H28FN5O4/c1-33-12-13-34-15-24(32)30-9-6-17(7-10-30)20-14-27-23(31-16-28-29-25(20)31)5-2-18-19-8-11-35-22(19)4-3-21(18)26/h3-4,6,14,16H,2,5,7-13,15H2,1H3. The van der Waals surface area contributed by atoms with Gasteiger partial charge in [0, 0.05) is 50.4 Å². The van der Waals surface area contributed by atoms with Crippen molar-refractivity contribution in [3.05, 3.63) is 59.1 Å². The number of aromatic nitrogens is 4. The first-order valence-corrected chi connectivity index (χ1v) is 11.8. The summed E-state index contributed by atoms with van der Waals surface area (Å²) in [6.07, 6.45) is 7.97. The van der Waals surface area contributed by atoms with E-state index in [1.807, 2.05) is 16.7 Å². The van der Waals surface area contributed by atoms with E-state index in [4.69, 9.17) is 14.2 Å². The van der Waals surface area contributed by atoms with E-state index in [0.29, 0.717) is 63.4 Å². The van der Waals surface area contributed by atoms with Crippen LogP contribution in [0.1, 0.15) is 28.9 Å². The molecule has 1 amide bonds. The van der Waals surface area contributed by atoms with E-state index in [-0.39, 0.29) is 18.3 Å². The molecule has 35 heavy (non-hydrogen) atoms. The van der Waals surface area contributed by atoms with Crippen LogP contribution in [0, 0.1) is 5.82 Å². The van der Waals surface area contributed by atoms with Crippen LogP contribution in [-0.2, 0) is 33.5 Å². The lowest BCUT2D eigenvalue weighted by atomic mass is 9.99. The number of ether oxygens (including phenoxy) is 3. The molecule has 0 saturated heterocycles. The van der Waals surface area contributed by atoms with Gasteiger partial charge in [0.25, 0.3) is 0 Å². The highest BCUT2D eigenvalue weighted by molar-refractivity contribution is 5.81. The Balaban J connectivity index is 1.28. The van der Waals surface area contributed by atoms with Crippen LogP contribution in [0.5, 0.6) is 5.75 Å². The fourth-order valence-corrected chi connectivity index (χ4v) is 4.63. The van der Waals surface area contributed by atoms with Gasteiger partial charge in [-0.25, -0.2) is 9.37 Å². The number of hydrogen-bond donors (Lipinski definition) is 0. The third kappa shape index (κ3) is 4.89. The van der Waals surface area contributed by atoms with Crippen LogP contribution in [0.25, 0.3) is 11.2 Å². The predicted octanol–water partition coefficient (Wildman–Crippen LogP) is 2.26. The molecule has 0 N–H and O–H groups in total. The van der Waals surface area contributed by atoms with Crippen LogP contribution in [-0.4, -0.2) is 77.0 Å². The average molecular weight is 482 g/mol. The van der Waals surface area contributed by atoms with Gasteiger partial charge in [-0.15, -0.1) is 10.2 Å². The van der Waals surface area contributed by atoms with E-state index >= 15 is 0 Å². The van der Waals surface area contributed by atoms with E-state index in [1.165, 1.54) is 6.07 Å². The smallest absolute Gasteiger partial charge is 0.248 e. The Hall–Kier alpha value is -3.37. The highest BCUT2D eigenvalue weighted by Crippen LogP contribution is 2.31. The molecule has 184 valence electrons. The van der Waals surface area contributed by atoms with Gasteiger partial charge in [-0.2, -0.15) is 0 Å². The van der Waals surface area contributed by atoms with Gasteiger partial charge in [0.05, 0.1) is 19.8 Å². The molecular formula is C25H28FN5O4. The Kier molecular flexibility index (Phi) is 7.01. The maximum Gasteiger partial charge on any atom is 0.248 e. The number of fused-ring (bicyclic) bond motifs is 2. The zero-order valence-electron chi connectivity index (χ0n) is 19.7. The Labute approximate surface area is 202 Å². The number of nitrogens with zero attached hydrogens (tertiary/aromatic N) is 5. The normalized spacial score (nSPS) is 15.3. The predicted molar refractivity (Wildman–Crippen MR) is 126 cm³/mol. The van der Waals surface area contributed by atoms with Gasteiger partial charge in [-0.3, -0.25) is 9.20 Å². The van der Waals surface area contributed by atoms with Crippen LogP contribution in [0.15, 0.2) is 30.7 Å². The second-order valence-corrected chi connectivity index (χ2v) is 8.58. The minimum atomic E-state index is -0.207. The molecule has 9 nitrogen and oxygen atoms in total. The van der Waals surface area contributed by atoms with E-state index in [1.54, 1.807) is 24.4 Å². The number of halogens is 1. The molecule has 0 aliphatic carbocycles. The molecule has 3 aromatic rings. The summed E-state index contributed by atoms with van der Waals surface area (Å²) >= 11 is 0. The Morgan fingerprint density at radius 2 is 2.14 bits per heavy atom. The number of rotatable bonds is 9. The first-order chi connectivity index (χ1) is 17.2. The fourth-order valence-electron chi connectivity index (χ4n) is 4.63. The summed E-state index contributed by atoms with van der Waals surface area (Å²) in [7, 11) is 1.60. The lowest BCUT2D eigenvalue weighted by Crippen LogP contribution is -2.37. The number of methoxy groups -OCH3 is 1. The second kappa shape index (κ2) is 10.5. The van der Waals surface area contributed by atoms with Crippen molar-refractivity contribution in [3.63, 3.8) is 0 Å². The maximum absolute atomic E-state index is 14.5. The summed E-state index contributed by atoms with van der Waals surface area (Å²) in [4.78, 5) is 18.8. The molecule has 0 unspecified atom stereocenters. The van der Waals surface area contributed by atoms with Crippen molar-refractivity contribution in [1.29, 1.82) is 0 Å². The van der Waals surface area contributed by atoms with Gasteiger partial charge in [-0.05, 0) is 36.1 Å². The van der Waals surface area contributed by atoms with Crippen molar-refractivity contribution in [1.82, 2.24) is 24.5 Å². The maximum atomic E-state index is 14.5. The minimum absolute atomic E-state index is 0.0393. The van der Waals surface area contributed by atoms with Gasteiger partial charge in [0.1, 0.15) is 30.3 Å². The molecule has 5 rings (SSSR count). The quantitative estimate of drug-likeness (QED) is 0.433. The largest absolute Gasteiger partial charge is 0.493 e. The Morgan fingerprint density at radius 1 is 1.23 bits per heavy atom. The molecule has 2 aliphatic heterocycles. The molecule has 4 heterocycles. The van der Waals surface area contributed by atoms with Crippen molar-refractivity contribution < 1.29 is 23.4 Å². The summed E-state index contributed by atoms with van der Waals surface area (Å²) in [5.74, 6) is 1.30. The third-order valence-corrected chi connectivity index (χ3v) is 6.51. The zero-order valence-corrected chi connectivity index (χ0v) is 19.7. The van der Waals surface area contributed by atoms with Gasteiger partial charge >= 0.3 is 0 Å². The van der Waals surface area contributed by atoms with Crippen molar-refractivity contribution in [2.24, 2.45) is 0 Å². The lowest BCUT2D eigenvalue weighted by molar-refractivity contribution is -0.136. The molecule has 1 aromatic carbocycles. The molecule has 2 aliphatic rings.